The molecule has 4 heteroatoms. The third-order valence-corrected chi connectivity index (χ3v) is 3.27. The Morgan fingerprint density at radius 1 is 1.59 bits per heavy atom. The van der Waals surface area contributed by atoms with E-state index in [1.807, 2.05) is 19.1 Å². The van der Waals surface area contributed by atoms with Crippen LogP contribution in [0.3, 0.4) is 0 Å². The Morgan fingerprint density at radius 3 is 2.94 bits per heavy atom. The molecule has 1 saturated carbocycles. The average Bonchev–Trinajstić information content (AvgIpc) is 2.76. The molecule has 1 aromatic rings. The zero-order valence-corrected chi connectivity index (χ0v) is 10.4. The SMILES string of the molecule is CC1CC(NC(C)C(=O)NCc2ccco2)C1. The minimum Gasteiger partial charge on any atom is -0.467 e. The molecule has 0 aromatic carbocycles. The minimum absolute atomic E-state index is 0.0287. The Kier molecular flexibility index (Phi) is 3.84. The fourth-order valence-electron chi connectivity index (χ4n) is 2.21. The molecule has 1 aliphatic carbocycles. The Bertz CT molecular complexity index is 356. The molecule has 1 unspecified atom stereocenters. The Hall–Kier alpha value is -1.29. The lowest BCUT2D eigenvalue weighted by Crippen LogP contribution is -2.50. The van der Waals surface area contributed by atoms with Crippen LogP contribution in [0.2, 0.25) is 0 Å². The average molecular weight is 236 g/mol. The highest BCUT2D eigenvalue weighted by molar-refractivity contribution is 5.81. The second-order valence-electron chi connectivity index (χ2n) is 4.96. The summed E-state index contributed by atoms with van der Waals surface area (Å²) in [5.41, 5.74) is 0. The highest BCUT2D eigenvalue weighted by Gasteiger charge is 2.27. The molecule has 2 N–H and O–H groups in total. The van der Waals surface area contributed by atoms with E-state index in [9.17, 15) is 4.79 Å². The molecule has 0 radical (unpaired) electrons. The summed E-state index contributed by atoms with van der Waals surface area (Å²) >= 11 is 0. The molecule has 1 fully saturated rings. The van der Waals surface area contributed by atoms with Crippen LogP contribution in [-0.2, 0) is 11.3 Å². The van der Waals surface area contributed by atoms with Gasteiger partial charge in [-0.15, -0.1) is 0 Å². The molecule has 0 saturated heterocycles. The molecule has 0 aliphatic heterocycles. The van der Waals surface area contributed by atoms with E-state index in [1.54, 1.807) is 6.26 Å². The topological polar surface area (TPSA) is 54.3 Å². The standard InChI is InChI=1S/C13H20N2O2/c1-9-6-11(7-9)15-10(2)13(16)14-8-12-4-3-5-17-12/h3-5,9-11,15H,6-8H2,1-2H3,(H,14,16). The molecule has 1 aromatic heterocycles. The third-order valence-electron chi connectivity index (χ3n) is 3.27. The summed E-state index contributed by atoms with van der Waals surface area (Å²) in [6.07, 6.45) is 3.96. The fraction of sp³-hybridized carbons (Fsp3) is 0.615. The van der Waals surface area contributed by atoms with Gasteiger partial charge in [0.1, 0.15) is 5.76 Å². The van der Waals surface area contributed by atoms with Crippen LogP contribution in [0.15, 0.2) is 22.8 Å². The van der Waals surface area contributed by atoms with Gasteiger partial charge in [-0.3, -0.25) is 4.79 Å². The maximum absolute atomic E-state index is 11.8. The molecule has 17 heavy (non-hydrogen) atoms. The van der Waals surface area contributed by atoms with Gasteiger partial charge in [-0.1, -0.05) is 6.92 Å². The first kappa shape index (κ1) is 12.2. The van der Waals surface area contributed by atoms with Crippen molar-refractivity contribution >= 4 is 5.91 Å². The summed E-state index contributed by atoms with van der Waals surface area (Å²) in [4.78, 5) is 11.8. The number of carbonyl (C=O) groups is 1. The van der Waals surface area contributed by atoms with E-state index in [1.165, 1.54) is 12.8 Å². The van der Waals surface area contributed by atoms with Crippen LogP contribution in [0.1, 0.15) is 32.4 Å². The van der Waals surface area contributed by atoms with Crippen molar-refractivity contribution in [3.05, 3.63) is 24.2 Å². The molecule has 1 atom stereocenters. The second kappa shape index (κ2) is 5.36. The van der Waals surface area contributed by atoms with E-state index in [-0.39, 0.29) is 11.9 Å². The number of amides is 1. The van der Waals surface area contributed by atoms with Gasteiger partial charge < -0.3 is 15.1 Å². The summed E-state index contributed by atoms with van der Waals surface area (Å²) in [7, 11) is 0. The van der Waals surface area contributed by atoms with E-state index in [4.69, 9.17) is 4.42 Å². The van der Waals surface area contributed by atoms with Gasteiger partial charge in [-0.2, -0.15) is 0 Å². The van der Waals surface area contributed by atoms with E-state index in [2.05, 4.69) is 17.6 Å². The van der Waals surface area contributed by atoms with E-state index in [0.717, 1.165) is 11.7 Å². The first-order valence-corrected chi connectivity index (χ1v) is 6.21. The van der Waals surface area contributed by atoms with Gasteiger partial charge in [0.25, 0.3) is 0 Å². The lowest BCUT2D eigenvalue weighted by atomic mass is 9.81. The van der Waals surface area contributed by atoms with Crippen LogP contribution in [0.4, 0.5) is 0 Å². The van der Waals surface area contributed by atoms with Gasteiger partial charge in [0.05, 0.1) is 18.8 Å². The molecule has 1 aliphatic rings. The Morgan fingerprint density at radius 2 is 2.35 bits per heavy atom. The van der Waals surface area contributed by atoms with Crippen molar-refractivity contribution in [2.24, 2.45) is 5.92 Å². The van der Waals surface area contributed by atoms with Crippen molar-refractivity contribution in [2.75, 3.05) is 0 Å². The highest BCUT2D eigenvalue weighted by atomic mass is 16.3. The lowest BCUT2D eigenvalue weighted by Gasteiger charge is -2.35. The summed E-state index contributed by atoms with van der Waals surface area (Å²) < 4.78 is 5.16. The summed E-state index contributed by atoms with van der Waals surface area (Å²) in [5, 5.41) is 6.19. The monoisotopic (exact) mass is 236 g/mol. The van der Waals surface area contributed by atoms with Gasteiger partial charge in [0, 0.05) is 6.04 Å². The Labute approximate surface area is 102 Å². The molecule has 4 nitrogen and oxygen atoms in total. The lowest BCUT2D eigenvalue weighted by molar-refractivity contribution is -0.123. The summed E-state index contributed by atoms with van der Waals surface area (Å²) in [5.74, 6) is 1.61. The van der Waals surface area contributed by atoms with Gasteiger partial charge in [0.2, 0.25) is 5.91 Å². The van der Waals surface area contributed by atoms with Gasteiger partial charge in [-0.05, 0) is 37.8 Å². The normalized spacial score (nSPS) is 25.1. The zero-order chi connectivity index (χ0) is 12.3. The van der Waals surface area contributed by atoms with Gasteiger partial charge >= 0.3 is 0 Å². The van der Waals surface area contributed by atoms with Crippen LogP contribution in [0, 0.1) is 5.92 Å². The van der Waals surface area contributed by atoms with Crippen molar-refractivity contribution in [1.82, 2.24) is 10.6 Å². The maximum Gasteiger partial charge on any atom is 0.237 e. The predicted molar refractivity (Wildman–Crippen MR) is 65.3 cm³/mol. The smallest absolute Gasteiger partial charge is 0.237 e. The molecule has 0 bridgehead atoms. The molecular weight excluding hydrogens is 216 g/mol. The highest BCUT2D eigenvalue weighted by Crippen LogP contribution is 2.26. The van der Waals surface area contributed by atoms with Crippen LogP contribution < -0.4 is 10.6 Å². The zero-order valence-electron chi connectivity index (χ0n) is 10.4. The second-order valence-corrected chi connectivity index (χ2v) is 4.96. The number of furan rings is 1. The molecule has 1 heterocycles. The van der Waals surface area contributed by atoms with Crippen LogP contribution in [-0.4, -0.2) is 18.0 Å². The van der Waals surface area contributed by atoms with E-state index in [0.29, 0.717) is 12.6 Å². The predicted octanol–water partition coefficient (Wildman–Crippen LogP) is 1.67. The maximum atomic E-state index is 11.8. The third kappa shape index (κ3) is 3.33. The van der Waals surface area contributed by atoms with E-state index >= 15 is 0 Å². The number of nitrogens with one attached hydrogen (secondary N) is 2. The van der Waals surface area contributed by atoms with E-state index < -0.39 is 0 Å². The first-order chi connectivity index (χ1) is 8.15. The molecule has 2 rings (SSSR count). The van der Waals surface area contributed by atoms with Gasteiger partial charge in [0.15, 0.2) is 0 Å². The number of hydrogen-bond acceptors (Lipinski definition) is 3. The quantitative estimate of drug-likeness (QED) is 0.817. The van der Waals surface area contributed by atoms with Crippen LogP contribution in [0.25, 0.3) is 0 Å². The van der Waals surface area contributed by atoms with Crippen molar-refractivity contribution in [2.45, 2.75) is 45.3 Å². The number of rotatable bonds is 5. The van der Waals surface area contributed by atoms with Crippen molar-refractivity contribution in [1.29, 1.82) is 0 Å². The fourth-order valence-corrected chi connectivity index (χ4v) is 2.21. The largest absolute Gasteiger partial charge is 0.467 e. The van der Waals surface area contributed by atoms with Crippen molar-refractivity contribution in [3.63, 3.8) is 0 Å². The first-order valence-electron chi connectivity index (χ1n) is 6.21. The van der Waals surface area contributed by atoms with Gasteiger partial charge in [-0.25, -0.2) is 0 Å². The van der Waals surface area contributed by atoms with Crippen molar-refractivity contribution in [3.8, 4) is 0 Å². The minimum atomic E-state index is -0.137. The summed E-state index contributed by atoms with van der Waals surface area (Å²) in [6, 6.07) is 4.04. The Balaban J connectivity index is 1.68. The van der Waals surface area contributed by atoms with Crippen LogP contribution >= 0.6 is 0 Å². The summed E-state index contributed by atoms with van der Waals surface area (Å²) in [6.45, 7) is 4.60. The molecular formula is C13H20N2O2. The molecule has 1 amide bonds. The molecule has 94 valence electrons. The number of carbonyl (C=O) groups excluding carboxylic acids is 1. The number of hydrogen-bond donors (Lipinski definition) is 2. The van der Waals surface area contributed by atoms with Crippen molar-refractivity contribution < 1.29 is 9.21 Å². The molecule has 0 spiro atoms. The van der Waals surface area contributed by atoms with Crippen LogP contribution in [0.5, 0.6) is 0 Å².